The minimum Gasteiger partial charge on any atom is -0.455 e. The van der Waals surface area contributed by atoms with E-state index in [9.17, 15) is 0 Å². The van der Waals surface area contributed by atoms with Crippen LogP contribution in [0.4, 0.5) is 0 Å². The van der Waals surface area contributed by atoms with Gasteiger partial charge in [0.25, 0.3) is 0 Å². The van der Waals surface area contributed by atoms with Crippen molar-refractivity contribution in [3.63, 3.8) is 0 Å². The van der Waals surface area contributed by atoms with Gasteiger partial charge in [0, 0.05) is 30.9 Å². The number of thiophene rings is 1. The molecule has 0 radical (unpaired) electrons. The van der Waals surface area contributed by atoms with E-state index in [0.717, 1.165) is 11.2 Å². The van der Waals surface area contributed by atoms with E-state index in [1.165, 1.54) is 118 Å². The predicted octanol–water partition coefficient (Wildman–Crippen LogP) is 16.7. The molecule has 2 heterocycles. The Morgan fingerprint density at radius 3 is 1.48 bits per heavy atom. The Labute approximate surface area is 337 Å². The highest BCUT2D eigenvalue weighted by atomic mass is 32.1. The van der Waals surface area contributed by atoms with Gasteiger partial charge in [0.1, 0.15) is 11.2 Å². The van der Waals surface area contributed by atoms with Gasteiger partial charge in [-0.2, -0.15) is 0 Å². The van der Waals surface area contributed by atoms with Gasteiger partial charge in [0.15, 0.2) is 0 Å². The number of hydrogen-bond acceptors (Lipinski definition) is 2. The summed E-state index contributed by atoms with van der Waals surface area (Å²) in [7, 11) is 0. The van der Waals surface area contributed by atoms with Crippen LogP contribution >= 0.6 is 11.3 Å². The molecule has 0 N–H and O–H groups in total. The number of fused-ring (bicyclic) bond motifs is 13. The highest BCUT2D eigenvalue weighted by molar-refractivity contribution is 7.26. The smallest absolute Gasteiger partial charge is 0.144 e. The molecule has 1 nitrogen and oxygen atoms in total. The van der Waals surface area contributed by atoms with Gasteiger partial charge >= 0.3 is 0 Å². The second kappa shape index (κ2) is 12.1. The van der Waals surface area contributed by atoms with Gasteiger partial charge in [-0.3, -0.25) is 0 Å². The number of benzene rings is 11. The van der Waals surface area contributed by atoms with Crippen molar-refractivity contribution < 1.29 is 4.42 Å². The molecule has 0 aliphatic carbocycles. The van der Waals surface area contributed by atoms with Crippen LogP contribution in [0.5, 0.6) is 0 Å². The molecule has 13 aromatic rings. The maximum atomic E-state index is 6.89. The molecule has 13 rings (SSSR count). The maximum absolute atomic E-state index is 6.89. The quantitative estimate of drug-likeness (QED) is 0.164. The minimum atomic E-state index is 0.924. The van der Waals surface area contributed by atoms with Crippen LogP contribution in [0.25, 0.3) is 129 Å². The SMILES string of the molecule is c1ccc2cc(-c3c4ccccc4c(-c4ccc5cc(-c6cc7oc8c(ccc9sc%10ccccc%10c98)c7c7ccccc67)ccc5c4)c4ccccc34)ccc2c1. The van der Waals surface area contributed by atoms with Crippen molar-refractivity contribution in [1.82, 2.24) is 0 Å². The number of hydrogen-bond donors (Lipinski definition) is 0. The van der Waals surface area contributed by atoms with Gasteiger partial charge in [-0.25, -0.2) is 0 Å². The molecule has 11 aromatic carbocycles. The normalized spacial score (nSPS) is 12.1. The van der Waals surface area contributed by atoms with Gasteiger partial charge in [-0.1, -0.05) is 152 Å². The summed E-state index contributed by atoms with van der Waals surface area (Å²) in [5.41, 5.74) is 9.28. The first-order valence-electron chi connectivity index (χ1n) is 19.9. The fraction of sp³-hybridized carbons (Fsp3) is 0. The standard InChI is InChI=1S/C56H32OS/c1-2-12-34-30-38(25-21-33(34)11-1)52-42-15-5-7-17-44(42)53(45-18-8-6-16-43(45)52)39-26-23-35-29-37(24-22-36(35)31-39)48-32-49-54(41-14-4-3-13-40(41)48)47-27-28-51-55(56(47)57-49)46-19-9-10-20-50(46)58-51/h1-32H. The fourth-order valence-corrected chi connectivity index (χ4v) is 10.9. The second-order valence-electron chi connectivity index (χ2n) is 15.5. The lowest BCUT2D eigenvalue weighted by atomic mass is 9.85. The van der Waals surface area contributed by atoms with Gasteiger partial charge in [-0.05, 0) is 130 Å². The van der Waals surface area contributed by atoms with E-state index < -0.39 is 0 Å². The molecule has 58 heavy (non-hydrogen) atoms. The molecule has 0 atom stereocenters. The molecular formula is C56H32OS. The zero-order valence-electron chi connectivity index (χ0n) is 31.3. The molecule has 0 aliphatic rings. The summed E-state index contributed by atoms with van der Waals surface area (Å²) in [6.07, 6.45) is 0. The molecule has 0 spiro atoms. The minimum absolute atomic E-state index is 0.924. The lowest BCUT2D eigenvalue weighted by Gasteiger charge is -2.18. The van der Waals surface area contributed by atoms with Crippen LogP contribution in [0.1, 0.15) is 0 Å². The van der Waals surface area contributed by atoms with Gasteiger partial charge in [-0.15, -0.1) is 11.3 Å². The molecular weight excluding hydrogens is 721 g/mol. The molecule has 0 bridgehead atoms. The molecule has 0 fully saturated rings. The second-order valence-corrected chi connectivity index (χ2v) is 16.6. The first kappa shape index (κ1) is 31.9. The molecule has 0 saturated carbocycles. The first-order valence-corrected chi connectivity index (χ1v) is 20.7. The summed E-state index contributed by atoms with van der Waals surface area (Å²) in [5.74, 6) is 0. The van der Waals surface area contributed by atoms with Crippen LogP contribution in [-0.4, -0.2) is 0 Å². The van der Waals surface area contributed by atoms with Gasteiger partial charge < -0.3 is 4.42 Å². The van der Waals surface area contributed by atoms with E-state index in [2.05, 4.69) is 194 Å². The zero-order chi connectivity index (χ0) is 37.9. The average molecular weight is 753 g/mol. The lowest BCUT2D eigenvalue weighted by molar-refractivity contribution is 0.673. The summed E-state index contributed by atoms with van der Waals surface area (Å²) in [4.78, 5) is 0. The maximum Gasteiger partial charge on any atom is 0.144 e. The Morgan fingerprint density at radius 2 is 0.810 bits per heavy atom. The van der Waals surface area contributed by atoms with E-state index in [-0.39, 0.29) is 0 Å². The van der Waals surface area contributed by atoms with E-state index in [1.54, 1.807) is 0 Å². The summed E-state index contributed by atoms with van der Waals surface area (Å²) < 4.78 is 9.43. The average Bonchev–Trinajstić information content (AvgIpc) is 3.86. The summed E-state index contributed by atoms with van der Waals surface area (Å²) in [6.45, 7) is 0. The van der Waals surface area contributed by atoms with Crippen molar-refractivity contribution in [3.05, 3.63) is 194 Å². The Balaban J connectivity index is 0.983. The van der Waals surface area contributed by atoms with E-state index >= 15 is 0 Å². The Bertz CT molecular complexity index is 3810. The van der Waals surface area contributed by atoms with Crippen molar-refractivity contribution in [2.45, 2.75) is 0 Å². The lowest BCUT2D eigenvalue weighted by Crippen LogP contribution is -1.91. The van der Waals surface area contributed by atoms with Gasteiger partial charge in [0.05, 0.1) is 0 Å². The van der Waals surface area contributed by atoms with Crippen LogP contribution < -0.4 is 0 Å². The molecule has 0 amide bonds. The monoisotopic (exact) mass is 752 g/mol. The van der Waals surface area contributed by atoms with Crippen molar-refractivity contribution in [2.75, 3.05) is 0 Å². The third-order valence-corrected chi connectivity index (χ3v) is 13.5. The Morgan fingerprint density at radius 1 is 0.310 bits per heavy atom. The highest BCUT2D eigenvalue weighted by Crippen LogP contribution is 2.47. The van der Waals surface area contributed by atoms with Crippen LogP contribution in [0.15, 0.2) is 199 Å². The Kier molecular flexibility index (Phi) is 6.66. The first-order chi connectivity index (χ1) is 28.7. The van der Waals surface area contributed by atoms with Crippen molar-refractivity contribution in [2.24, 2.45) is 0 Å². The van der Waals surface area contributed by atoms with E-state index in [1.807, 2.05) is 11.3 Å². The molecule has 0 unspecified atom stereocenters. The fourth-order valence-electron chi connectivity index (χ4n) is 9.81. The van der Waals surface area contributed by atoms with Crippen LogP contribution in [0.2, 0.25) is 0 Å². The number of furan rings is 1. The summed E-state index contributed by atoms with van der Waals surface area (Å²) >= 11 is 1.83. The van der Waals surface area contributed by atoms with Gasteiger partial charge in [0.2, 0.25) is 0 Å². The molecule has 0 saturated heterocycles. The molecule has 268 valence electrons. The topological polar surface area (TPSA) is 13.1 Å². The van der Waals surface area contributed by atoms with Crippen LogP contribution in [-0.2, 0) is 0 Å². The summed E-state index contributed by atoms with van der Waals surface area (Å²) in [6, 6.07) is 71.5. The molecule has 0 aliphatic heterocycles. The van der Waals surface area contributed by atoms with Crippen LogP contribution in [0, 0.1) is 0 Å². The van der Waals surface area contributed by atoms with E-state index in [0.29, 0.717) is 0 Å². The van der Waals surface area contributed by atoms with Crippen LogP contribution in [0.3, 0.4) is 0 Å². The number of rotatable bonds is 3. The third kappa shape index (κ3) is 4.58. The summed E-state index contributed by atoms with van der Waals surface area (Å²) in [5, 5.41) is 17.3. The largest absolute Gasteiger partial charge is 0.455 e. The van der Waals surface area contributed by atoms with Crippen molar-refractivity contribution >= 4 is 107 Å². The third-order valence-electron chi connectivity index (χ3n) is 12.4. The van der Waals surface area contributed by atoms with E-state index in [4.69, 9.17) is 4.42 Å². The molecule has 2 aromatic heterocycles. The zero-order valence-corrected chi connectivity index (χ0v) is 32.1. The predicted molar refractivity (Wildman–Crippen MR) is 250 cm³/mol. The Hall–Kier alpha value is -7.26. The highest BCUT2D eigenvalue weighted by Gasteiger charge is 2.20. The van der Waals surface area contributed by atoms with Crippen molar-refractivity contribution in [3.8, 4) is 33.4 Å². The molecule has 2 heteroatoms. The van der Waals surface area contributed by atoms with Crippen molar-refractivity contribution in [1.29, 1.82) is 0 Å².